The monoisotopic (exact) mass is 301 g/mol. The number of carbonyl (C=O) groups excluding carboxylic acids is 2. The maximum absolute atomic E-state index is 12.1. The molecule has 0 saturated carbocycles. The van der Waals surface area contributed by atoms with Crippen molar-refractivity contribution in [2.75, 3.05) is 20.7 Å². The molecule has 0 aromatic heterocycles. The van der Waals surface area contributed by atoms with Crippen LogP contribution in [-0.2, 0) is 9.53 Å². The van der Waals surface area contributed by atoms with E-state index in [1.807, 2.05) is 0 Å². The summed E-state index contributed by atoms with van der Waals surface area (Å²) in [4.78, 5) is 24.8. The number of amides is 1. The van der Waals surface area contributed by atoms with Crippen molar-refractivity contribution in [3.63, 3.8) is 0 Å². The smallest absolute Gasteiger partial charge is 0.387 e. The lowest BCUT2D eigenvalue weighted by atomic mass is 10.1. The fourth-order valence-corrected chi connectivity index (χ4v) is 1.77. The Morgan fingerprint density at radius 3 is 2.29 bits per heavy atom. The molecule has 1 aromatic rings. The molecule has 0 aliphatic carbocycles. The lowest BCUT2D eigenvalue weighted by Gasteiger charge is -2.20. The topological polar surface area (TPSA) is 55.8 Å². The summed E-state index contributed by atoms with van der Waals surface area (Å²) in [5, 5.41) is 0. The number of hydrogen-bond acceptors (Lipinski definition) is 4. The molecule has 0 heterocycles. The fraction of sp³-hybridized carbons (Fsp3) is 0.429. The SMILES string of the molecule is COC(=O)C(C)CN(C)C(=O)c1ccc(OC(F)F)cc1. The van der Waals surface area contributed by atoms with Crippen LogP contribution in [0.1, 0.15) is 17.3 Å². The minimum Gasteiger partial charge on any atom is -0.469 e. The first-order chi connectivity index (χ1) is 9.85. The fourth-order valence-electron chi connectivity index (χ4n) is 1.77. The van der Waals surface area contributed by atoms with E-state index in [0.29, 0.717) is 5.56 Å². The minimum absolute atomic E-state index is 0.0212. The summed E-state index contributed by atoms with van der Waals surface area (Å²) in [5.74, 6) is -1.21. The van der Waals surface area contributed by atoms with Crippen molar-refractivity contribution in [1.82, 2.24) is 4.90 Å². The summed E-state index contributed by atoms with van der Waals surface area (Å²) in [6, 6.07) is 5.35. The molecule has 0 N–H and O–H groups in total. The first kappa shape index (κ1) is 16.9. The number of benzene rings is 1. The zero-order valence-corrected chi connectivity index (χ0v) is 12.0. The zero-order chi connectivity index (χ0) is 16.0. The van der Waals surface area contributed by atoms with Crippen LogP contribution in [0.3, 0.4) is 0 Å². The zero-order valence-electron chi connectivity index (χ0n) is 12.0. The third-order valence-electron chi connectivity index (χ3n) is 2.82. The van der Waals surface area contributed by atoms with Crippen LogP contribution in [0.15, 0.2) is 24.3 Å². The standard InChI is InChI=1S/C14H17F2NO4/c1-9(13(19)20-3)8-17(2)12(18)10-4-6-11(7-5-10)21-14(15)16/h4-7,9,14H,8H2,1-3H3. The van der Waals surface area contributed by atoms with Crippen molar-refractivity contribution in [2.24, 2.45) is 5.92 Å². The maximum Gasteiger partial charge on any atom is 0.387 e. The second-order valence-corrected chi connectivity index (χ2v) is 4.51. The molecule has 1 amide bonds. The van der Waals surface area contributed by atoms with Crippen molar-refractivity contribution in [3.05, 3.63) is 29.8 Å². The van der Waals surface area contributed by atoms with Gasteiger partial charge in [-0.3, -0.25) is 9.59 Å². The first-order valence-corrected chi connectivity index (χ1v) is 6.23. The van der Waals surface area contributed by atoms with Gasteiger partial charge in [-0.05, 0) is 24.3 Å². The van der Waals surface area contributed by atoms with Crippen molar-refractivity contribution < 1.29 is 27.8 Å². The van der Waals surface area contributed by atoms with E-state index in [0.717, 1.165) is 0 Å². The number of nitrogens with zero attached hydrogens (tertiary/aromatic N) is 1. The number of rotatable bonds is 6. The average molecular weight is 301 g/mol. The van der Waals surface area contributed by atoms with Gasteiger partial charge in [-0.25, -0.2) is 0 Å². The second-order valence-electron chi connectivity index (χ2n) is 4.51. The third-order valence-corrected chi connectivity index (χ3v) is 2.82. The van der Waals surface area contributed by atoms with Crippen molar-refractivity contribution in [2.45, 2.75) is 13.5 Å². The van der Waals surface area contributed by atoms with Crippen LogP contribution in [0.5, 0.6) is 5.75 Å². The molecule has 1 rings (SSSR count). The van der Waals surface area contributed by atoms with Gasteiger partial charge < -0.3 is 14.4 Å². The van der Waals surface area contributed by atoms with E-state index in [4.69, 9.17) is 0 Å². The molecule has 0 bridgehead atoms. The summed E-state index contributed by atoms with van der Waals surface area (Å²) in [6.45, 7) is -1.06. The molecule has 0 saturated heterocycles. The largest absolute Gasteiger partial charge is 0.469 e. The molecular weight excluding hydrogens is 284 g/mol. The lowest BCUT2D eigenvalue weighted by Crippen LogP contribution is -2.34. The van der Waals surface area contributed by atoms with E-state index >= 15 is 0 Å². The van der Waals surface area contributed by atoms with Crippen molar-refractivity contribution >= 4 is 11.9 Å². The Morgan fingerprint density at radius 1 is 1.24 bits per heavy atom. The highest BCUT2D eigenvalue weighted by Gasteiger charge is 2.19. The summed E-state index contributed by atoms with van der Waals surface area (Å²) in [7, 11) is 2.83. The van der Waals surface area contributed by atoms with E-state index in [1.165, 1.54) is 36.3 Å². The summed E-state index contributed by atoms with van der Waals surface area (Å²) in [5.41, 5.74) is 0.316. The van der Waals surface area contributed by atoms with E-state index in [1.54, 1.807) is 14.0 Å². The molecule has 21 heavy (non-hydrogen) atoms. The highest BCUT2D eigenvalue weighted by molar-refractivity contribution is 5.94. The van der Waals surface area contributed by atoms with Gasteiger partial charge >= 0.3 is 12.6 Å². The van der Waals surface area contributed by atoms with Gasteiger partial charge in [0.05, 0.1) is 13.0 Å². The number of carbonyl (C=O) groups is 2. The average Bonchev–Trinajstić information content (AvgIpc) is 2.45. The number of methoxy groups -OCH3 is 1. The molecule has 0 fully saturated rings. The van der Waals surface area contributed by atoms with E-state index in [2.05, 4.69) is 9.47 Å². The molecule has 1 unspecified atom stereocenters. The Labute approximate surface area is 121 Å². The van der Waals surface area contributed by atoms with Crippen molar-refractivity contribution in [3.8, 4) is 5.75 Å². The molecule has 1 aromatic carbocycles. The summed E-state index contributed by atoms with van der Waals surface area (Å²) < 4.78 is 32.8. The number of alkyl halides is 2. The Balaban J connectivity index is 2.67. The Kier molecular flexibility index (Phi) is 6.08. The van der Waals surface area contributed by atoms with Gasteiger partial charge in [0, 0.05) is 19.2 Å². The van der Waals surface area contributed by atoms with Crippen LogP contribution in [0.2, 0.25) is 0 Å². The van der Waals surface area contributed by atoms with Crippen LogP contribution in [-0.4, -0.2) is 44.1 Å². The molecule has 0 spiro atoms. The number of hydrogen-bond donors (Lipinski definition) is 0. The predicted molar refractivity (Wildman–Crippen MR) is 71.2 cm³/mol. The Morgan fingerprint density at radius 2 is 1.81 bits per heavy atom. The van der Waals surface area contributed by atoms with Crippen LogP contribution in [0.4, 0.5) is 8.78 Å². The van der Waals surface area contributed by atoms with Gasteiger partial charge in [-0.15, -0.1) is 0 Å². The van der Waals surface area contributed by atoms with Gasteiger partial charge in [-0.1, -0.05) is 6.92 Å². The number of ether oxygens (including phenoxy) is 2. The highest BCUT2D eigenvalue weighted by Crippen LogP contribution is 2.16. The summed E-state index contributed by atoms with van der Waals surface area (Å²) in [6.07, 6.45) is 0. The first-order valence-electron chi connectivity index (χ1n) is 6.23. The van der Waals surface area contributed by atoms with Crippen molar-refractivity contribution in [1.29, 1.82) is 0 Å². The van der Waals surface area contributed by atoms with Gasteiger partial charge in [-0.2, -0.15) is 8.78 Å². The maximum atomic E-state index is 12.1. The van der Waals surface area contributed by atoms with Gasteiger partial charge in [0.2, 0.25) is 0 Å². The predicted octanol–water partition coefficient (Wildman–Crippen LogP) is 2.17. The van der Waals surface area contributed by atoms with Crippen LogP contribution >= 0.6 is 0 Å². The molecular formula is C14H17F2NO4. The van der Waals surface area contributed by atoms with E-state index in [9.17, 15) is 18.4 Å². The van der Waals surface area contributed by atoms with Crippen LogP contribution < -0.4 is 4.74 Å². The lowest BCUT2D eigenvalue weighted by molar-refractivity contribution is -0.145. The van der Waals surface area contributed by atoms with E-state index < -0.39 is 18.5 Å². The third kappa shape index (κ3) is 5.02. The van der Waals surface area contributed by atoms with E-state index in [-0.39, 0.29) is 18.2 Å². The molecule has 0 aliphatic rings. The van der Waals surface area contributed by atoms with Crippen LogP contribution in [0.25, 0.3) is 0 Å². The molecule has 7 heteroatoms. The number of esters is 1. The highest BCUT2D eigenvalue weighted by atomic mass is 19.3. The number of halogens is 2. The second kappa shape index (κ2) is 7.56. The minimum atomic E-state index is -2.91. The quantitative estimate of drug-likeness (QED) is 0.756. The molecule has 0 radical (unpaired) electrons. The Bertz CT molecular complexity index is 490. The van der Waals surface area contributed by atoms with Gasteiger partial charge in [0.1, 0.15) is 5.75 Å². The molecule has 116 valence electrons. The molecule has 1 atom stereocenters. The molecule has 5 nitrogen and oxygen atoms in total. The van der Waals surface area contributed by atoms with Crippen LogP contribution in [0, 0.1) is 5.92 Å². The normalized spacial score (nSPS) is 11.9. The Hall–Kier alpha value is -2.18. The molecule has 0 aliphatic heterocycles. The summed E-state index contributed by atoms with van der Waals surface area (Å²) >= 11 is 0. The van der Waals surface area contributed by atoms with Gasteiger partial charge in [0.15, 0.2) is 0 Å². The van der Waals surface area contributed by atoms with Gasteiger partial charge in [0.25, 0.3) is 5.91 Å².